The first kappa shape index (κ1) is 15.3. The molecule has 1 amide bonds. The number of benzene rings is 2. The van der Waals surface area contributed by atoms with E-state index in [9.17, 15) is 4.79 Å². The van der Waals surface area contributed by atoms with E-state index < -0.39 is 0 Å². The maximum Gasteiger partial charge on any atom is 0.255 e. The molecule has 0 N–H and O–H groups in total. The number of aromatic nitrogens is 1. The summed E-state index contributed by atoms with van der Waals surface area (Å²) in [4.78, 5) is 14.1. The van der Waals surface area contributed by atoms with E-state index in [1.54, 1.807) is 19.1 Å². The molecule has 0 fully saturated rings. The van der Waals surface area contributed by atoms with Crippen LogP contribution in [0.15, 0.2) is 60.9 Å². The van der Waals surface area contributed by atoms with Crippen molar-refractivity contribution in [2.24, 2.45) is 0 Å². The molecule has 0 bridgehead atoms. The predicted molar refractivity (Wildman–Crippen MR) is 92.1 cm³/mol. The highest BCUT2D eigenvalue weighted by Gasteiger charge is 2.13. The number of methoxy groups -OCH3 is 1. The van der Waals surface area contributed by atoms with E-state index in [2.05, 4.69) is 24.3 Å². The molecule has 1 heterocycles. The van der Waals surface area contributed by atoms with Crippen LogP contribution in [0, 0.1) is 0 Å². The van der Waals surface area contributed by atoms with Gasteiger partial charge in [0.2, 0.25) is 0 Å². The minimum Gasteiger partial charge on any atom is -0.383 e. The molecule has 4 nitrogen and oxygen atoms in total. The zero-order valence-electron chi connectivity index (χ0n) is 13.4. The molecule has 0 spiro atoms. The molecule has 2 aromatic carbocycles. The van der Waals surface area contributed by atoms with Crippen LogP contribution >= 0.6 is 0 Å². The number of fused-ring (bicyclic) bond motifs is 1. The van der Waals surface area contributed by atoms with Gasteiger partial charge in [0.15, 0.2) is 0 Å². The molecule has 0 radical (unpaired) electrons. The van der Waals surface area contributed by atoms with Crippen LogP contribution < -0.4 is 0 Å². The summed E-state index contributed by atoms with van der Waals surface area (Å²) in [5.74, 6) is 0.000960. The summed E-state index contributed by atoms with van der Waals surface area (Å²) < 4.78 is 7.02. The van der Waals surface area contributed by atoms with Crippen molar-refractivity contribution in [1.29, 1.82) is 0 Å². The average molecular weight is 308 g/mol. The quantitative estimate of drug-likeness (QED) is 0.724. The maximum absolute atomic E-state index is 12.4. The SMILES string of the molecule is COCCN(C)C(=O)c1ccn(-c2cccc3ccccc23)c1. The third-order valence-corrected chi connectivity index (χ3v) is 3.96. The first-order valence-electron chi connectivity index (χ1n) is 7.61. The van der Waals surface area contributed by atoms with Gasteiger partial charge in [-0.25, -0.2) is 0 Å². The number of ether oxygens (including phenoxy) is 1. The van der Waals surface area contributed by atoms with E-state index in [4.69, 9.17) is 4.74 Å². The summed E-state index contributed by atoms with van der Waals surface area (Å²) >= 11 is 0. The highest BCUT2D eigenvalue weighted by atomic mass is 16.5. The topological polar surface area (TPSA) is 34.5 Å². The number of hydrogen-bond acceptors (Lipinski definition) is 2. The second-order valence-electron chi connectivity index (χ2n) is 5.53. The van der Waals surface area contributed by atoms with Gasteiger partial charge >= 0.3 is 0 Å². The fourth-order valence-corrected chi connectivity index (χ4v) is 2.66. The zero-order chi connectivity index (χ0) is 16.2. The Labute approximate surface area is 135 Å². The van der Waals surface area contributed by atoms with E-state index in [1.165, 1.54) is 5.39 Å². The molecule has 4 heteroatoms. The van der Waals surface area contributed by atoms with Crippen LogP contribution in [0.5, 0.6) is 0 Å². The van der Waals surface area contributed by atoms with Crippen molar-refractivity contribution >= 4 is 16.7 Å². The van der Waals surface area contributed by atoms with Crippen molar-refractivity contribution in [1.82, 2.24) is 9.47 Å². The standard InChI is InChI=1S/C19H20N2O2/c1-20(12-13-23-2)19(22)16-10-11-21(14-16)18-9-5-7-15-6-3-4-8-17(15)18/h3-11,14H,12-13H2,1-2H3. The largest absolute Gasteiger partial charge is 0.383 e. The molecular weight excluding hydrogens is 288 g/mol. The van der Waals surface area contributed by atoms with E-state index in [-0.39, 0.29) is 5.91 Å². The molecule has 0 aliphatic carbocycles. The third kappa shape index (κ3) is 3.12. The summed E-state index contributed by atoms with van der Waals surface area (Å²) in [6, 6.07) is 16.3. The fourth-order valence-electron chi connectivity index (χ4n) is 2.66. The van der Waals surface area contributed by atoms with Crippen LogP contribution in [0.4, 0.5) is 0 Å². The minimum absolute atomic E-state index is 0.000960. The molecular formula is C19H20N2O2. The van der Waals surface area contributed by atoms with Crippen molar-refractivity contribution < 1.29 is 9.53 Å². The van der Waals surface area contributed by atoms with Gasteiger partial charge in [0.1, 0.15) is 0 Å². The van der Waals surface area contributed by atoms with E-state index in [0.717, 1.165) is 11.1 Å². The average Bonchev–Trinajstić information content (AvgIpc) is 3.08. The molecule has 1 aromatic heterocycles. The number of rotatable bonds is 5. The van der Waals surface area contributed by atoms with Crippen LogP contribution in [-0.2, 0) is 4.74 Å². The predicted octanol–water partition coefficient (Wildman–Crippen LogP) is 3.35. The fraction of sp³-hybridized carbons (Fsp3) is 0.211. The van der Waals surface area contributed by atoms with Crippen molar-refractivity contribution in [3.05, 3.63) is 66.5 Å². The van der Waals surface area contributed by atoms with Crippen LogP contribution in [0.25, 0.3) is 16.5 Å². The molecule has 0 aliphatic rings. The molecule has 0 unspecified atom stereocenters. The molecule has 0 saturated heterocycles. The van der Waals surface area contributed by atoms with Gasteiger partial charge in [-0.1, -0.05) is 36.4 Å². The van der Waals surface area contributed by atoms with Gasteiger partial charge in [-0.2, -0.15) is 0 Å². The van der Waals surface area contributed by atoms with E-state index in [1.807, 2.05) is 41.2 Å². The number of nitrogens with zero attached hydrogens (tertiary/aromatic N) is 2. The Bertz CT molecular complexity index is 818. The molecule has 3 aromatic rings. The molecule has 0 aliphatic heterocycles. The monoisotopic (exact) mass is 308 g/mol. The summed E-state index contributed by atoms with van der Waals surface area (Å²) in [6.45, 7) is 1.11. The first-order valence-corrected chi connectivity index (χ1v) is 7.61. The Balaban J connectivity index is 1.91. The summed E-state index contributed by atoms with van der Waals surface area (Å²) in [6.07, 6.45) is 3.81. The Morgan fingerprint density at radius 3 is 2.74 bits per heavy atom. The molecule has 3 rings (SSSR count). The second-order valence-corrected chi connectivity index (χ2v) is 5.53. The third-order valence-electron chi connectivity index (χ3n) is 3.96. The van der Waals surface area contributed by atoms with Crippen LogP contribution in [0.2, 0.25) is 0 Å². The molecule has 23 heavy (non-hydrogen) atoms. The van der Waals surface area contributed by atoms with Gasteiger partial charge in [0.05, 0.1) is 17.9 Å². The molecule has 0 atom stereocenters. The van der Waals surface area contributed by atoms with Crippen LogP contribution in [0.3, 0.4) is 0 Å². The van der Waals surface area contributed by atoms with E-state index in [0.29, 0.717) is 18.7 Å². The number of likely N-dealkylation sites (N-methyl/N-ethyl adjacent to an activating group) is 1. The van der Waals surface area contributed by atoms with Crippen molar-refractivity contribution in [3.8, 4) is 5.69 Å². The summed E-state index contributed by atoms with van der Waals surface area (Å²) in [5.41, 5.74) is 1.75. The summed E-state index contributed by atoms with van der Waals surface area (Å²) in [5, 5.41) is 2.35. The van der Waals surface area contributed by atoms with Crippen LogP contribution in [0.1, 0.15) is 10.4 Å². The normalized spacial score (nSPS) is 10.9. The lowest BCUT2D eigenvalue weighted by atomic mass is 10.1. The number of carbonyl (C=O) groups excluding carboxylic acids is 1. The first-order chi connectivity index (χ1) is 11.2. The lowest BCUT2D eigenvalue weighted by molar-refractivity contribution is 0.0744. The van der Waals surface area contributed by atoms with E-state index >= 15 is 0 Å². The second kappa shape index (κ2) is 6.67. The van der Waals surface area contributed by atoms with Crippen molar-refractivity contribution in [2.45, 2.75) is 0 Å². The smallest absolute Gasteiger partial charge is 0.255 e. The van der Waals surface area contributed by atoms with Gasteiger partial charge in [-0.3, -0.25) is 4.79 Å². The Kier molecular flexibility index (Phi) is 4.44. The number of carbonyl (C=O) groups is 1. The lowest BCUT2D eigenvalue weighted by Gasteiger charge is -2.15. The molecule has 0 saturated carbocycles. The lowest BCUT2D eigenvalue weighted by Crippen LogP contribution is -2.29. The van der Waals surface area contributed by atoms with Gasteiger partial charge in [-0.15, -0.1) is 0 Å². The van der Waals surface area contributed by atoms with Gasteiger partial charge in [0.25, 0.3) is 5.91 Å². The zero-order valence-corrected chi connectivity index (χ0v) is 13.4. The van der Waals surface area contributed by atoms with Crippen LogP contribution in [-0.4, -0.2) is 42.7 Å². The minimum atomic E-state index is 0.000960. The molecule has 118 valence electrons. The Morgan fingerprint density at radius 1 is 1.13 bits per heavy atom. The maximum atomic E-state index is 12.4. The van der Waals surface area contributed by atoms with Gasteiger partial charge < -0.3 is 14.2 Å². The van der Waals surface area contributed by atoms with Gasteiger partial charge in [0, 0.05) is 38.5 Å². The highest BCUT2D eigenvalue weighted by Crippen LogP contribution is 2.23. The van der Waals surface area contributed by atoms with Gasteiger partial charge in [-0.05, 0) is 17.5 Å². The number of hydrogen-bond donors (Lipinski definition) is 0. The van der Waals surface area contributed by atoms with Crippen molar-refractivity contribution in [2.75, 3.05) is 27.3 Å². The number of amides is 1. The highest BCUT2D eigenvalue weighted by molar-refractivity contribution is 5.95. The Hall–Kier alpha value is -2.59. The van der Waals surface area contributed by atoms with Crippen molar-refractivity contribution in [3.63, 3.8) is 0 Å². The summed E-state index contributed by atoms with van der Waals surface area (Å²) in [7, 11) is 3.42. The Morgan fingerprint density at radius 2 is 1.91 bits per heavy atom.